The fourth-order valence-corrected chi connectivity index (χ4v) is 1.83. The Morgan fingerprint density at radius 2 is 2.00 bits per heavy atom. The molecule has 120 valence electrons. The maximum Gasteiger partial charge on any atom is 0.390 e. The lowest BCUT2D eigenvalue weighted by Crippen LogP contribution is -2.24. The van der Waals surface area contributed by atoms with E-state index < -0.39 is 12.6 Å². The average Bonchev–Trinajstić information content (AvgIpc) is 2.37. The van der Waals surface area contributed by atoms with E-state index in [1.54, 1.807) is 18.1 Å². The quantitative estimate of drug-likeness (QED) is 0.799. The first kappa shape index (κ1) is 17.9. The van der Waals surface area contributed by atoms with Crippen molar-refractivity contribution in [2.24, 2.45) is 5.92 Å². The fourth-order valence-electron chi connectivity index (χ4n) is 1.83. The van der Waals surface area contributed by atoms with Crippen LogP contribution in [-0.2, 0) is 13.1 Å². The normalized spacial score (nSPS) is 12.4. The Hall–Kier alpha value is -1.14. The largest absolute Gasteiger partial charge is 0.390 e. The maximum atomic E-state index is 12.1. The minimum atomic E-state index is -4.10. The SMILES string of the molecule is CC(C)CNCc1ccc(CN(C)CCC(F)(F)F)nc1. The molecule has 0 aliphatic heterocycles. The first-order valence-corrected chi connectivity index (χ1v) is 7.16. The van der Waals surface area contributed by atoms with Crippen LogP contribution >= 0.6 is 0 Å². The number of rotatable bonds is 8. The zero-order valence-electron chi connectivity index (χ0n) is 12.9. The fraction of sp³-hybridized carbons (Fsp3) is 0.667. The summed E-state index contributed by atoms with van der Waals surface area (Å²) in [7, 11) is 1.67. The lowest BCUT2D eigenvalue weighted by atomic mass is 10.2. The van der Waals surface area contributed by atoms with E-state index in [1.165, 1.54) is 0 Å². The van der Waals surface area contributed by atoms with Gasteiger partial charge in [-0.05, 0) is 31.1 Å². The van der Waals surface area contributed by atoms with Crippen LogP contribution in [0.2, 0.25) is 0 Å². The number of hydrogen-bond acceptors (Lipinski definition) is 3. The van der Waals surface area contributed by atoms with Gasteiger partial charge in [0.2, 0.25) is 0 Å². The standard InChI is InChI=1S/C15H24F3N3/c1-12(2)8-19-9-13-4-5-14(20-10-13)11-21(3)7-6-15(16,17)18/h4-5,10,12,19H,6-9,11H2,1-3H3. The number of hydrogen-bond donors (Lipinski definition) is 1. The third-order valence-corrected chi connectivity index (χ3v) is 2.98. The van der Waals surface area contributed by atoms with Gasteiger partial charge in [0.05, 0.1) is 12.1 Å². The third-order valence-electron chi connectivity index (χ3n) is 2.98. The van der Waals surface area contributed by atoms with E-state index in [4.69, 9.17) is 0 Å². The molecule has 0 fully saturated rings. The molecule has 3 nitrogen and oxygen atoms in total. The first-order chi connectivity index (χ1) is 9.76. The highest BCUT2D eigenvalue weighted by Gasteiger charge is 2.27. The van der Waals surface area contributed by atoms with Crippen LogP contribution in [0.25, 0.3) is 0 Å². The van der Waals surface area contributed by atoms with Crippen LogP contribution in [-0.4, -0.2) is 36.2 Å². The number of aromatic nitrogens is 1. The van der Waals surface area contributed by atoms with Gasteiger partial charge in [-0.15, -0.1) is 0 Å². The molecule has 1 aromatic heterocycles. The van der Waals surface area contributed by atoms with Crippen LogP contribution in [0.5, 0.6) is 0 Å². The number of pyridine rings is 1. The molecule has 1 N–H and O–H groups in total. The Balaban J connectivity index is 2.36. The van der Waals surface area contributed by atoms with Crippen LogP contribution < -0.4 is 5.32 Å². The molecule has 0 radical (unpaired) electrons. The highest BCUT2D eigenvalue weighted by atomic mass is 19.4. The van der Waals surface area contributed by atoms with Crippen LogP contribution in [0.3, 0.4) is 0 Å². The number of nitrogens with one attached hydrogen (secondary N) is 1. The van der Waals surface area contributed by atoms with Gasteiger partial charge in [-0.2, -0.15) is 13.2 Å². The second-order valence-corrected chi connectivity index (χ2v) is 5.79. The summed E-state index contributed by atoms with van der Waals surface area (Å²) in [5.41, 5.74) is 1.87. The molecular formula is C15H24F3N3. The molecule has 6 heteroatoms. The second-order valence-electron chi connectivity index (χ2n) is 5.79. The molecule has 0 aliphatic rings. The van der Waals surface area contributed by atoms with Crippen LogP contribution in [0.1, 0.15) is 31.5 Å². The van der Waals surface area contributed by atoms with E-state index in [2.05, 4.69) is 24.1 Å². The van der Waals surface area contributed by atoms with Crippen molar-refractivity contribution in [1.82, 2.24) is 15.2 Å². The van der Waals surface area contributed by atoms with Crippen molar-refractivity contribution in [3.05, 3.63) is 29.6 Å². The van der Waals surface area contributed by atoms with Crippen molar-refractivity contribution in [3.63, 3.8) is 0 Å². The van der Waals surface area contributed by atoms with E-state index in [0.29, 0.717) is 12.5 Å². The van der Waals surface area contributed by atoms with Gasteiger partial charge >= 0.3 is 6.18 Å². The molecule has 0 atom stereocenters. The predicted octanol–water partition coefficient (Wildman–Crippen LogP) is 3.21. The summed E-state index contributed by atoms with van der Waals surface area (Å²) in [5, 5.41) is 3.32. The minimum Gasteiger partial charge on any atom is -0.312 e. The van der Waals surface area contributed by atoms with Crippen molar-refractivity contribution in [2.75, 3.05) is 20.1 Å². The molecule has 0 aromatic carbocycles. The Morgan fingerprint density at radius 1 is 1.29 bits per heavy atom. The smallest absolute Gasteiger partial charge is 0.312 e. The zero-order chi connectivity index (χ0) is 15.9. The summed E-state index contributed by atoms with van der Waals surface area (Å²) in [6.07, 6.45) is -3.12. The molecule has 1 rings (SSSR count). The molecule has 1 aromatic rings. The van der Waals surface area contributed by atoms with Gasteiger partial charge in [0.25, 0.3) is 0 Å². The number of halogens is 3. The van der Waals surface area contributed by atoms with E-state index in [-0.39, 0.29) is 6.54 Å². The molecule has 21 heavy (non-hydrogen) atoms. The molecule has 1 heterocycles. The summed E-state index contributed by atoms with van der Waals surface area (Å²) in [4.78, 5) is 5.93. The molecule has 0 amide bonds. The molecule has 0 spiro atoms. The Morgan fingerprint density at radius 3 is 2.52 bits per heavy atom. The monoisotopic (exact) mass is 303 g/mol. The first-order valence-electron chi connectivity index (χ1n) is 7.16. The van der Waals surface area contributed by atoms with E-state index in [0.717, 1.165) is 24.3 Å². The van der Waals surface area contributed by atoms with Gasteiger partial charge < -0.3 is 10.2 Å². The Kier molecular flexibility index (Phi) is 7.11. The lowest BCUT2D eigenvalue weighted by molar-refractivity contribution is -0.137. The zero-order valence-corrected chi connectivity index (χ0v) is 12.9. The van der Waals surface area contributed by atoms with Gasteiger partial charge in [0, 0.05) is 25.8 Å². The number of nitrogens with zero attached hydrogens (tertiary/aromatic N) is 2. The summed E-state index contributed by atoms with van der Waals surface area (Å²) in [5.74, 6) is 0.597. The Labute approximate surface area is 124 Å². The molecule has 0 aliphatic carbocycles. The van der Waals surface area contributed by atoms with Gasteiger partial charge in [0.15, 0.2) is 0 Å². The Bertz CT molecular complexity index is 402. The molecule has 0 unspecified atom stereocenters. The molecule has 0 bridgehead atoms. The summed E-state index contributed by atoms with van der Waals surface area (Å²) in [6.45, 7) is 6.41. The van der Waals surface area contributed by atoms with Gasteiger partial charge in [-0.25, -0.2) is 0 Å². The topological polar surface area (TPSA) is 28.2 Å². The average molecular weight is 303 g/mol. The van der Waals surface area contributed by atoms with Crippen LogP contribution in [0.15, 0.2) is 18.3 Å². The van der Waals surface area contributed by atoms with Crippen molar-refractivity contribution in [3.8, 4) is 0 Å². The van der Waals surface area contributed by atoms with Crippen molar-refractivity contribution < 1.29 is 13.2 Å². The van der Waals surface area contributed by atoms with Crippen molar-refractivity contribution in [2.45, 2.75) is 39.5 Å². The maximum absolute atomic E-state index is 12.1. The summed E-state index contributed by atoms with van der Waals surface area (Å²) >= 11 is 0. The van der Waals surface area contributed by atoms with E-state index in [9.17, 15) is 13.2 Å². The van der Waals surface area contributed by atoms with Crippen molar-refractivity contribution >= 4 is 0 Å². The van der Waals surface area contributed by atoms with Gasteiger partial charge in [0.1, 0.15) is 0 Å². The molecule has 0 saturated carbocycles. The summed E-state index contributed by atoms with van der Waals surface area (Å²) < 4.78 is 36.4. The van der Waals surface area contributed by atoms with Gasteiger partial charge in [-0.1, -0.05) is 19.9 Å². The van der Waals surface area contributed by atoms with Crippen molar-refractivity contribution in [1.29, 1.82) is 0 Å². The third kappa shape index (κ3) is 8.67. The minimum absolute atomic E-state index is 0.0110. The van der Waals surface area contributed by atoms with E-state index >= 15 is 0 Å². The highest BCUT2D eigenvalue weighted by molar-refractivity contribution is 5.13. The van der Waals surface area contributed by atoms with Crippen LogP contribution in [0, 0.1) is 5.92 Å². The highest BCUT2D eigenvalue weighted by Crippen LogP contribution is 2.19. The predicted molar refractivity (Wildman–Crippen MR) is 77.8 cm³/mol. The number of alkyl halides is 3. The van der Waals surface area contributed by atoms with Gasteiger partial charge in [-0.3, -0.25) is 4.98 Å². The second kappa shape index (κ2) is 8.34. The molecule has 0 saturated heterocycles. The lowest BCUT2D eigenvalue weighted by Gasteiger charge is -2.17. The van der Waals surface area contributed by atoms with E-state index in [1.807, 2.05) is 12.1 Å². The summed E-state index contributed by atoms with van der Waals surface area (Å²) in [6, 6.07) is 3.84. The van der Waals surface area contributed by atoms with Crippen LogP contribution in [0.4, 0.5) is 13.2 Å². The molecular weight excluding hydrogens is 279 g/mol.